The lowest BCUT2D eigenvalue weighted by Crippen LogP contribution is -2.51. The van der Waals surface area contributed by atoms with Crippen molar-refractivity contribution >= 4 is 52.0 Å². The molecule has 1 aliphatic heterocycles. The lowest BCUT2D eigenvalue weighted by molar-refractivity contribution is -0.137. The van der Waals surface area contributed by atoms with Crippen LogP contribution < -0.4 is 15.5 Å². The van der Waals surface area contributed by atoms with Gasteiger partial charge in [-0.2, -0.15) is 13.2 Å². The highest BCUT2D eigenvalue weighted by Gasteiger charge is 2.36. The molecule has 0 saturated carbocycles. The van der Waals surface area contributed by atoms with Crippen LogP contribution in [-0.2, 0) is 20.5 Å². The topological polar surface area (TPSA) is 91.0 Å². The average Bonchev–Trinajstić information content (AvgIpc) is 3.24. The van der Waals surface area contributed by atoms with Crippen LogP contribution in [0.3, 0.4) is 0 Å². The molecule has 0 bridgehead atoms. The normalized spacial score (nSPS) is 15.5. The Morgan fingerprint density at radius 2 is 1.92 bits per heavy atom. The van der Waals surface area contributed by atoms with Crippen LogP contribution in [0.1, 0.15) is 36.0 Å². The zero-order valence-corrected chi connectivity index (χ0v) is 23.0. The number of hydrogen-bond acceptors (Lipinski definition) is 6. The summed E-state index contributed by atoms with van der Waals surface area (Å²) in [5.41, 5.74) is -1.70. The first kappa shape index (κ1) is 29.9. The number of benzene rings is 1. The van der Waals surface area contributed by atoms with Crippen LogP contribution in [0.2, 0.25) is 4.34 Å². The molecule has 2 heterocycles. The van der Waals surface area contributed by atoms with Gasteiger partial charge in [-0.1, -0.05) is 32.4 Å². The van der Waals surface area contributed by atoms with E-state index in [0.717, 1.165) is 23.5 Å². The van der Waals surface area contributed by atoms with Crippen molar-refractivity contribution in [2.24, 2.45) is 5.41 Å². The Balaban J connectivity index is 1.85. The van der Waals surface area contributed by atoms with Crippen LogP contribution in [-0.4, -0.2) is 68.6 Å². The monoisotopic (exact) mass is 574 g/mol. The zero-order chi connectivity index (χ0) is 28.3. The smallest absolute Gasteiger partial charge is 0.370 e. The van der Waals surface area contributed by atoms with Crippen molar-refractivity contribution in [3.8, 4) is 0 Å². The standard InChI is InChI=1S/C25H30ClF3N4O4S/c1-24(2,3)14-32(4)18(12-30-23(36)19-7-8-20(26)38-19)22(35)31-17-6-5-15(11-16(17)25(27,28)29)33-9-10-37-13-21(33)34/h5-8,11,18H,9-10,12-14H2,1-4H3,(H,30,36)(H,31,35)/t18-/m0/s1. The van der Waals surface area contributed by atoms with Crippen molar-refractivity contribution < 1.29 is 32.3 Å². The summed E-state index contributed by atoms with van der Waals surface area (Å²) in [5.74, 6) is -1.62. The van der Waals surface area contributed by atoms with Gasteiger partial charge in [0.15, 0.2) is 0 Å². The molecular formula is C25H30ClF3N4O4S. The molecule has 8 nitrogen and oxygen atoms in total. The summed E-state index contributed by atoms with van der Waals surface area (Å²) >= 11 is 6.97. The number of alkyl halides is 3. The van der Waals surface area contributed by atoms with E-state index in [0.29, 0.717) is 15.8 Å². The molecule has 0 radical (unpaired) electrons. The predicted octanol–water partition coefficient (Wildman–Crippen LogP) is 4.50. The summed E-state index contributed by atoms with van der Waals surface area (Å²) in [5, 5.41) is 5.07. The highest BCUT2D eigenvalue weighted by molar-refractivity contribution is 7.18. The van der Waals surface area contributed by atoms with E-state index in [1.165, 1.54) is 11.0 Å². The van der Waals surface area contributed by atoms with Crippen LogP contribution >= 0.6 is 22.9 Å². The Morgan fingerprint density at radius 3 is 2.50 bits per heavy atom. The molecule has 1 atom stereocenters. The number of nitrogens with zero attached hydrogens (tertiary/aromatic N) is 2. The molecule has 38 heavy (non-hydrogen) atoms. The molecular weight excluding hydrogens is 545 g/mol. The average molecular weight is 575 g/mol. The van der Waals surface area contributed by atoms with Crippen LogP contribution in [0.4, 0.5) is 24.5 Å². The van der Waals surface area contributed by atoms with Gasteiger partial charge in [0.2, 0.25) is 5.91 Å². The van der Waals surface area contributed by atoms with Crippen molar-refractivity contribution in [2.45, 2.75) is 33.0 Å². The second kappa shape index (κ2) is 12.0. The lowest BCUT2D eigenvalue weighted by Gasteiger charge is -2.33. The Labute approximate surface area is 228 Å². The number of nitrogens with one attached hydrogen (secondary N) is 2. The van der Waals surface area contributed by atoms with Crippen molar-refractivity contribution in [3.63, 3.8) is 0 Å². The molecule has 13 heteroatoms. The van der Waals surface area contributed by atoms with E-state index in [9.17, 15) is 27.6 Å². The minimum Gasteiger partial charge on any atom is -0.370 e. The predicted molar refractivity (Wildman–Crippen MR) is 141 cm³/mol. The van der Waals surface area contributed by atoms with Crippen LogP contribution in [0.5, 0.6) is 0 Å². The Morgan fingerprint density at radius 1 is 1.21 bits per heavy atom. The molecule has 0 spiro atoms. The van der Waals surface area contributed by atoms with Gasteiger partial charge >= 0.3 is 6.18 Å². The van der Waals surface area contributed by atoms with Crippen LogP contribution in [0.25, 0.3) is 0 Å². The first-order valence-electron chi connectivity index (χ1n) is 11.8. The molecule has 208 valence electrons. The molecule has 1 aromatic heterocycles. The molecule has 3 rings (SSSR count). The third kappa shape index (κ3) is 7.92. The fourth-order valence-electron chi connectivity index (χ4n) is 4.07. The van der Waals surface area contributed by atoms with Gasteiger partial charge in [-0.15, -0.1) is 11.3 Å². The maximum absolute atomic E-state index is 14.0. The number of carbonyl (C=O) groups is 3. The number of carbonyl (C=O) groups excluding carboxylic acids is 3. The van der Waals surface area contributed by atoms with Gasteiger partial charge < -0.3 is 20.3 Å². The highest BCUT2D eigenvalue weighted by Crippen LogP contribution is 2.38. The summed E-state index contributed by atoms with van der Waals surface area (Å²) in [6.07, 6.45) is -4.80. The quantitative estimate of drug-likeness (QED) is 0.485. The third-order valence-corrected chi connectivity index (χ3v) is 6.91. The molecule has 0 aliphatic carbocycles. The van der Waals surface area contributed by atoms with Crippen LogP contribution in [0.15, 0.2) is 30.3 Å². The fraction of sp³-hybridized carbons (Fsp3) is 0.480. The molecule has 1 saturated heterocycles. The van der Waals surface area contributed by atoms with Gasteiger partial charge in [-0.3, -0.25) is 19.3 Å². The van der Waals surface area contributed by atoms with Gasteiger partial charge in [0, 0.05) is 25.3 Å². The van der Waals surface area contributed by atoms with Gasteiger partial charge in [0.05, 0.1) is 27.1 Å². The SMILES string of the molecule is CN(CC(C)(C)C)[C@@H](CNC(=O)c1ccc(Cl)s1)C(=O)Nc1ccc(N2CCOCC2=O)cc1C(F)(F)F. The Hall–Kier alpha value is -2.67. The molecule has 0 unspecified atom stereocenters. The van der Waals surface area contributed by atoms with Crippen molar-refractivity contribution in [2.75, 3.05) is 50.1 Å². The van der Waals surface area contributed by atoms with E-state index in [4.69, 9.17) is 16.3 Å². The summed E-state index contributed by atoms with van der Waals surface area (Å²) in [6, 6.07) is 5.47. The largest absolute Gasteiger partial charge is 0.418 e. The molecule has 1 fully saturated rings. The summed E-state index contributed by atoms with van der Waals surface area (Å²) in [4.78, 5) is 41.3. The van der Waals surface area contributed by atoms with Crippen molar-refractivity contribution in [3.05, 3.63) is 45.1 Å². The number of morpholine rings is 1. The highest BCUT2D eigenvalue weighted by atomic mass is 35.5. The second-order valence-electron chi connectivity index (χ2n) is 10.1. The molecule has 1 aliphatic rings. The Bertz CT molecular complexity index is 1180. The van der Waals surface area contributed by atoms with E-state index in [-0.39, 0.29) is 37.4 Å². The van der Waals surface area contributed by atoms with Gasteiger partial charge in [-0.25, -0.2) is 0 Å². The van der Waals surface area contributed by atoms with Gasteiger partial charge in [0.25, 0.3) is 11.8 Å². The zero-order valence-electron chi connectivity index (χ0n) is 21.4. The maximum Gasteiger partial charge on any atom is 0.418 e. The van der Waals surface area contributed by atoms with E-state index in [1.807, 2.05) is 20.8 Å². The molecule has 2 N–H and O–H groups in total. The minimum absolute atomic E-state index is 0.0619. The number of thiophene rings is 1. The van der Waals surface area contributed by atoms with Crippen molar-refractivity contribution in [1.82, 2.24) is 10.2 Å². The number of anilines is 2. The second-order valence-corrected chi connectivity index (χ2v) is 11.8. The van der Waals surface area contributed by atoms with E-state index >= 15 is 0 Å². The number of amides is 3. The molecule has 2 aromatic rings. The summed E-state index contributed by atoms with van der Waals surface area (Å²) in [7, 11) is 1.67. The first-order chi connectivity index (χ1) is 17.7. The maximum atomic E-state index is 14.0. The number of likely N-dealkylation sites (N-methyl/N-ethyl adjacent to an activating group) is 1. The summed E-state index contributed by atoms with van der Waals surface area (Å²) in [6.45, 7) is 6.26. The minimum atomic E-state index is -4.80. The van der Waals surface area contributed by atoms with Crippen molar-refractivity contribution in [1.29, 1.82) is 0 Å². The molecule has 3 amide bonds. The van der Waals surface area contributed by atoms with Gasteiger partial charge in [-0.05, 0) is 42.8 Å². The third-order valence-electron chi connectivity index (χ3n) is 5.68. The van der Waals surface area contributed by atoms with E-state index < -0.39 is 41.2 Å². The Kier molecular flexibility index (Phi) is 9.45. The lowest BCUT2D eigenvalue weighted by atomic mass is 9.95. The number of halogens is 4. The first-order valence-corrected chi connectivity index (χ1v) is 13.0. The van der Waals surface area contributed by atoms with E-state index in [2.05, 4.69) is 10.6 Å². The van der Waals surface area contributed by atoms with Crippen LogP contribution in [0, 0.1) is 5.41 Å². The number of hydrogen-bond donors (Lipinski definition) is 2. The number of ether oxygens (including phenoxy) is 1. The molecule has 1 aromatic carbocycles. The van der Waals surface area contributed by atoms with E-state index in [1.54, 1.807) is 24.1 Å². The number of rotatable bonds is 8. The van der Waals surface area contributed by atoms with Gasteiger partial charge in [0.1, 0.15) is 12.6 Å². The summed E-state index contributed by atoms with van der Waals surface area (Å²) < 4.78 is 47.5. The fourth-order valence-corrected chi connectivity index (χ4v) is 5.03.